The zero-order chi connectivity index (χ0) is 28.1. The monoisotopic (exact) mass is 561 g/mol. The van der Waals surface area contributed by atoms with Crippen LogP contribution in [0, 0.1) is 5.82 Å². The first-order chi connectivity index (χ1) is 18.7. The summed E-state index contributed by atoms with van der Waals surface area (Å²) >= 11 is 1.38. The average Bonchev–Trinajstić information content (AvgIpc) is 3.43. The standard InChI is InChI=1S/C27H40FN7O3S/c1-6-38-26(37)18-17-35-23-19(24(18)36)21(29-11-9-13-32(2)3)20(28)22(30-12-10-14-33(4)5)25(23)39-27(31-35)34-15-7-8-16-34/h17,29-30H,6-16H2,1-5H3. The van der Waals surface area contributed by atoms with Crippen LogP contribution in [0.2, 0.25) is 0 Å². The SMILES string of the molecule is CCOC(=O)c1cn2c3c(c(NCCCN(C)C)c(F)c(NCCCN(C)C)c3c1=O)SC(N1CCCC1)=N2. The quantitative estimate of drug-likeness (QED) is 0.299. The van der Waals surface area contributed by atoms with Crippen molar-refractivity contribution in [3.8, 4) is 0 Å². The Balaban J connectivity index is 1.90. The third kappa shape index (κ3) is 6.50. The van der Waals surface area contributed by atoms with Crippen molar-refractivity contribution in [1.29, 1.82) is 0 Å². The Bertz CT molecular complexity index is 1290. The van der Waals surface area contributed by atoms with Crippen molar-refractivity contribution in [3.63, 3.8) is 0 Å². The Morgan fingerprint density at radius 2 is 1.69 bits per heavy atom. The molecule has 2 aliphatic rings. The molecule has 0 amide bonds. The van der Waals surface area contributed by atoms with Crippen molar-refractivity contribution in [1.82, 2.24) is 19.4 Å². The van der Waals surface area contributed by atoms with Gasteiger partial charge in [0.25, 0.3) is 0 Å². The fraction of sp³-hybridized carbons (Fsp3) is 0.593. The van der Waals surface area contributed by atoms with E-state index in [4.69, 9.17) is 9.84 Å². The number of benzene rings is 1. The fourth-order valence-corrected chi connectivity index (χ4v) is 6.00. The van der Waals surface area contributed by atoms with E-state index >= 15 is 4.39 Å². The Labute approximate surface area is 233 Å². The lowest BCUT2D eigenvalue weighted by Crippen LogP contribution is -2.30. The molecule has 0 saturated carbocycles. The van der Waals surface area contributed by atoms with Crippen LogP contribution in [-0.4, -0.2) is 105 Å². The maximum atomic E-state index is 16.5. The Kier molecular flexibility index (Phi) is 9.73. The number of carbonyl (C=O) groups excluding carboxylic acids is 1. The number of hydrogen-bond acceptors (Lipinski definition) is 10. The number of rotatable bonds is 12. The number of aromatic nitrogens is 1. The molecule has 0 spiro atoms. The second-order valence-electron chi connectivity index (χ2n) is 10.4. The molecule has 1 saturated heterocycles. The van der Waals surface area contributed by atoms with E-state index in [1.807, 2.05) is 33.1 Å². The van der Waals surface area contributed by atoms with Crippen LogP contribution in [0.15, 0.2) is 21.0 Å². The zero-order valence-electron chi connectivity index (χ0n) is 23.6. The first-order valence-electron chi connectivity index (χ1n) is 13.6. The number of ether oxygens (including phenoxy) is 1. The summed E-state index contributed by atoms with van der Waals surface area (Å²) in [7, 11) is 7.96. The van der Waals surface area contributed by atoms with Crippen LogP contribution < -0.4 is 16.1 Å². The smallest absolute Gasteiger partial charge is 0.343 e. The minimum Gasteiger partial charge on any atom is -0.462 e. The van der Waals surface area contributed by atoms with Crippen molar-refractivity contribution >= 4 is 45.2 Å². The summed E-state index contributed by atoms with van der Waals surface area (Å²) in [5, 5.41) is 12.2. The van der Waals surface area contributed by atoms with Crippen LogP contribution in [0.4, 0.5) is 15.8 Å². The summed E-state index contributed by atoms with van der Waals surface area (Å²) in [6, 6.07) is 0. The molecule has 0 atom stereocenters. The number of hydrogen-bond donors (Lipinski definition) is 2. The van der Waals surface area contributed by atoms with E-state index in [1.54, 1.807) is 11.6 Å². The molecule has 0 bridgehead atoms. The molecule has 2 aromatic rings. The van der Waals surface area contributed by atoms with Crippen molar-refractivity contribution in [2.75, 3.05) is 84.7 Å². The van der Waals surface area contributed by atoms with E-state index in [0.29, 0.717) is 29.2 Å². The molecule has 3 heterocycles. The van der Waals surface area contributed by atoms with Gasteiger partial charge in [0.2, 0.25) is 5.43 Å². The van der Waals surface area contributed by atoms with Gasteiger partial charge in [0.05, 0.1) is 33.8 Å². The zero-order valence-corrected chi connectivity index (χ0v) is 24.4. The molecule has 2 aliphatic heterocycles. The van der Waals surface area contributed by atoms with Crippen LogP contribution in [0.1, 0.15) is 43.0 Å². The molecule has 10 nitrogen and oxygen atoms in total. The maximum absolute atomic E-state index is 16.5. The molecule has 1 aromatic carbocycles. The van der Waals surface area contributed by atoms with Gasteiger partial charge in [-0.05, 0) is 85.6 Å². The molecule has 2 N–H and O–H groups in total. The van der Waals surface area contributed by atoms with E-state index in [2.05, 4.69) is 20.4 Å². The van der Waals surface area contributed by atoms with Crippen LogP contribution in [-0.2, 0) is 4.74 Å². The van der Waals surface area contributed by atoms with Gasteiger partial charge in [-0.3, -0.25) is 4.79 Å². The second-order valence-corrected chi connectivity index (χ2v) is 11.4. The molecule has 1 fully saturated rings. The molecule has 1 aromatic heterocycles. The number of amidine groups is 1. The van der Waals surface area contributed by atoms with Crippen LogP contribution >= 0.6 is 11.8 Å². The number of esters is 1. The first kappa shape index (κ1) is 29.2. The van der Waals surface area contributed by atoms with Crippen molar-refractivity contribution in [2.24, 2.45) is 5.10 Å². The summed E-state index contributed by atoms with van der Waals surface area (Å²) in [4.78, 5) is 33.5. The number of anilines is 2. The van der Waals surface area contributed by atoms with Gasteiger partial charge < -0.3 is 30.1 Å². The number of carbonyl (C=O) groups is 1. The number of likely N-dealkylation sites (tertiary alicyclic amines) is 1. The largest absolute Gasteiger partial charge is 0.462 e. The number of halogens is 1. The van der Waals surface area contributed by atoms with E-state index in [1.165, 1.54) is 18.0 Å². The van der Waals surface area contributed by atoms with Gasteiger partial charge >= 0.3 is 5.97 Å². The maximum Gasteiger partial charge on any atom is 0.343 e. The summed E-state index contributed by atoms with van der Waals surface area (Å²) < 4.78 is 23.2. The second kappa shape index (κ2) is 13.0. The van der Waals surface area contributed by atoms with Gasteiger partial charge in [-0.1, -0.05) is 0 Å². The van der Waals surface area contributed by atoms with Gasteiger partial charge in [-0.2, -0.15) is 0 Å². The van der Waals surface area contributed by atoms with E-state index in [0.717, 1.165) is 57.0 Å². The summed E-state index contributed by atoms with van der Waals surface area (Å²) in [6.07, 6.45) is 5.12. The number of nitrogens with zero attached hydrogens (tertiary/aromatic N) is 5. The molecule has 0 aliphatic carbocycles. The van der Waals surface area contributed by atoms with Crippen LogP contribution in [0.25, 0.3) is 10.9 Å². The van der Waals surface area contributed by atoms with Crippen LogP contribution in [0.5, 0.6) is 0 Å². The molecule has 39 heavy (non-hydrogen) atoms. The average molecular weight is 562 g/mol. The van der Waals surface area contributed by atoms with Gasteiger partial charge in [0, 0.05) is 32.4 Å². The fourth-order valence-electron chi connectivity index (χ4n) is 4.82. The predicted octanol–water partition coefficient (Wildman–Crippen LogP) is 3.37. The highest BCUT2D eigenvalue weighted by atomic mass is 32.2. The summed E-state index contributed by atoms with van der Waals surface area (Å²) in [5.74, 6) is -1.26. The minimum atomic E-state index is -0.740. The lowest BCUT2D eigenvalue weighted by atomic mass is 10.1. The highest BCUT2D eigenvalue weighted by Gasteiger charge is 2.32. The van der Waals surface area contributed by atoms with Gasteiger partial charge in [0.15, 0.2) is 11.0 Å². The highest BCUT2D eigenvalue weighted by Crippen LogP contribution is 2.44. The van der Waals surface area contributed by atoms with E-state index in [-0.39, 0.29) is 23.2 Å². The predicted molar refractivity (Wildman–Crippen MR) is 157 cm³/mol. The minimum absolute atomic E-state index is 0.0907. The van der Waals surface area contributed by atoms with Gasteiger partial charge in [-0.25, -0.2) is 13.9 Å². The van der Waals surface area contributed by atoms with Crippen molar-refractivity contribution in [2.45, 2.75) is 37.5 Å². The Morgan fingerprint density at radius 1 is 1.08 bits per heavy atom. The summed E-state index contributed by atoms with van der Waals surface area (Å²) in [6.45, 7) is 6.21. The molecular formula is C27H40FN7O3S. The van der Waals surface area contributed by atoms with E-state index < -0.39 is 17.2 Å². The van der Waals surface area contributed by atoms with Crippen LogP contribution in [0.3, 0.4) is 0 Å². The molecule has 0 radical (unpaired) electrons. The Hall–Kier alpha value is -2.83. The van der Waals surface area contributed by atoms with E-state index in [9.17, 15) is 9.59 Å². The highest BCUT2D eigenvalue weighted by molar-refractivity contribution is 8.14. The third-order valence-electron chi connectivity index (χ3n) is 6.75. The molecular weight excluding hydrogens is 521 g/mol. The molecule has 214 valence electrons. The first-order valence-corrected chi connectivity index (χ1v) is 14.5. The van der Waals surface area contributed by atoms with Crippen molar-refractivity contribution in [3.05, 3.63) is 27.8 Å². The normalized spacial score (nSPS) is 14.9. The van der Waals surface area contributed by atoms with Crippen molar-refractivity contribution < 1.29 is 13.9 Å². The number of nitrogens with one attached hydrogen (secondary N) is 2. The number of thioether (sulfide) groups is 1. The Morgan fingerprint density at radius 3 is 2.28 bits per heavy atom. The number of pyridine rings is 1. The summed E-state index contributed by atoms with van der Waals surface area (Å²) in [5.41, 5.74) is 0.217. The molecule has 12 heteroatoms. The van der Waals surface area contributed by atoms with Gasteiger partial charge in [-0.15, -0.1) is 5.10 Å². The lowest BCUT2D eigenvalue weighted by molar-refractivity contribution is 0.0524. The molecule has 4 rings (SSSR count). The topological polar surface area (TPSA) is 94.4 Å². The lowest BCUT2D eigenvalue weighted by Gasteiger charge is -2.28. The third-order valence-corrected chi connectivity index (χ3v) is 7.87. The van der Waals surface area contributed by atoms with Gasteiger partial charge in [0.1, 0.15) is 5.56 Å². The molecule has 0 unspecified atom stereocenters.